The van der Waals surface area contributed by atoms with Crippen LogP contribution in [-0.4, -0.2) is 68.2 Å². The molecule has 8 nitrogen and oxygen atoms in total. The molecular weight excluding hydrogens is 494 g/mol. The highest BCUT2D eigenvalue weighted by Crippen LogP contribution is 2.30. The van der Waals surface area contributed by atoms with Crippen LogP contribution in [-0.2, 0) is 14.8 Å². The number of sulfonamides is 1. The second-order valence-corrected chi connectivity index (χ2v) is 12.4. The number of anilines is 1. The van der Waals surface area contributed by atoms with Crippen LogP contribution in [0.15, 0.2) is 58.8 Å². The number of hydrogen-bond acceptors (Lipinski definition) is 6. The number of thioether (sulfide) groups is 1. The maximum Gasteiger partial charge on any atom is 0.241 e. The summed E-state index contributed by atoms with van der Waals surface area (Å²) in [6.07, 6.45) is 6.45. The van der Waals surface area contributed by atoms with Gasteiger partial charge in [0.15, 0.2) is 5.16 Å². The lowest BCUT2D eigenvalue weighted by atomic mass is 9.98. The maximum atomic E-state index is 13.7. The number of benzene rings is 2. The van der Waals surface area contributed by atoms with Gasteiger partial charge in [-0.25, -0.2) is 13.4 Å². The van der Waals surface area contributed by atoms with Gasteiger partial charge in [0, 0.05) is 61.8 Å². The number of likely N-dealkylation sites (tertiary alicyclic amines) is 1. The average Bonchev–Trinajstić information content (AvgIpc) is 3.38. The highest BCUT2D eigenvalue weighted by molar-refractivity contribution is 7.99. The number of nitrogens with one attached hydrogen (secondary N) is 2. The molecule has 2 aromatic carbocycles. The van der Waals surface area contributed by atoms with Gasteiger partial charge in [0.1, 0.15) is 6.04 Å². The molecule has 1 amide bonds. The standard InChI is InChI=1S/C26H35N5O3S2/c1-19-12-16-31(17-13-19)25(32)22(9-6-18-35-26-27-14-15-28-26)29-36(33,34)24-11-5-7-20-21(24)8-4-10-23(20)30(2)3/h4-5,7-8,10-11,14-15,19,22,29H,6,9,12-13,16-18H2,1-3H3,(H,27,28). The number of H-pyrrole nitrogens is 1. The minimum absolute atomic E-state index is 0.136. The van der Waals surface area contributed by atoms with Crippen molar-refractivity contribution in [3.8, 4) is 0 Å². The minimum atomic E-state index is -3.94. The van der Waals surface area contributed by atoms with Crippen LogP contribution < -0.4 is 9.62 Å². The lowest BCUT2D eigenvalue weighted by Gasteiger charge is -2.33. The molecular formula is C26H35N5O3S2. The lowest BCUT2D eigenvalue weighted by molar-refractivity contribution is -0.134. The molecule has 2 heterocycles. The molecule has 2 N–H and O–H groups in total. The van der Waals surface area contributed by atoms with Crippen LogP contribution in [0.4, 0.5) is 5.69 Å². The predicted octanol–water partition coefficient (Wildman–Crippen LogP) is 4.11. The summed E-state index contributed by atoms with van der Waals surface area (Å²) in [5.41, 5.74) is 0.939. The summed E-state index contributed by atoms with van der Waals surface area (Å²) < 4.78 is 30.1. The van der Waals surface area contributed by atoms with Crippen molar-refractivity contribution in [3.63, 3.8) is 0 Å². The van der Waals surface area contributed by atoms with E-state index in [1.165, 1.54) is 0 Å². The molecule has 1 aromatic heterocycles. The fourth-order valence-corrected chi connectivity index (χ4v) is 6.84. The van der Waals surface area contributed by atoms with Crippen molar-refractivity contribution in [1.82, 2.24) is 19.6 Å². The van der Waals surface area contributed by atoms with Crippen molar-refractivity contribution < 1.29 is 13.2 Å². The van der Waals surface area contributed by atoms with Crippen molar-refractivity contribution in [2.24, 2.45) is 5.92 Å². The largest absolute Gasteiger partial charge is 0.377 e. The van der Waals surface area contributed by atoms with Gasteiger partial charge in [0.2, 0.25) is 15.9 Å². The van der Waals surface area contributed by atoms with Crippen molar-refractivity contribution in [3.05, 3.63) is 48.8 Å². The van der Waals surface area contributed by atoms with E-state index < -0.39 is 16.1 Å². The Kier molecular flexibility index (Phi) is 8.58. The number of carbonyl (C=O) groups is 1. The Hall–Kier alpha value is -2.56. The van der Waals surface area contributed by atoms with Crippen LogP contribution in [0.25, 0.3) is 10.8 Å². The maximum absolute atomic E-state index is 13.7. The van der Waals surface area contributed by atoms with E-state index in [0.29, 0.717) is 37.2 Å². The Balaban J connectivity index is 1.56. The summed E-state index contributed by atoms with van der Waals surface area (Å²) in [7, 11) is -0.0774. The molecule has 3 aromatic rings. The molecule has 1 atom stereocenters. The number of aromatic amines is 1. The van der Waals surface area contributed by atoms with Crippen molar-refractivity contribution in [2.75, 3.05) is 37.8 Å². The average molecular weight is 530 g/mol. The number of imidazole rings is 1. The van der Waals surface area contributed by atoms with Gasteiger partial charge in [-0.1, -0.05) is 43.0 Å². The number of nitrogens with zero attached hydrogens (tertiary/aromatic N) is 3. The third kappa shape index (κ3) is 6.22. The number of carbonyl (C=O) groups excluding carboxylic acids is 1. The third-order valence-electron chi connectivity index (χ3n) is 6.67. The lowest BCUT2D eigenvalue weighted by Crippen LogP contribution is -2.50. The second-order valence-electron chi connectivity index (χ2n) is 9.59. The molecule has 0 saturated carbocycles. The van der Waals surface area contributed by atoms with Crippen LogP contribution in [0, 0.1) is 5.92 Å². The van der Waals surface area contributed by atoms with Gasteiger partial charge in [-0.2, -0.15) is 4.72 Å². The molecule has 1 aliphatic heterocycles. The summed E-state index contributed by atoms with van der Waals surface area (Å²) >= 11 is 1.56. The van der Waals surface area contributed by atoms with E-state index in [1.807, 2.05) is 48.2 Å². The monoisotopic (exact) mass is 529 g/mol. The van der Waals surface area contributed by atoms with Crippen LogP contribution in [0.5, 0.6) is 0 Å². The van der Waals surface area contributed by atoms with E-state index >= 15 is 0 Å². The molecule has 4 rings (SSSR count). The SMILES string of the molecule is CC1CCN(C(=O)C(CCCSc2ncc[nH]2)NS(=O)(=O)c2cccc3c(N(C)C)cccc23)CC1. The van der Waals surface area contributed by atoms with Crippen LogP contribution in [0.1, 0.15) is 32.6 Å². The summed E-state index contributed by atoms with van der Waals surface area (Å²) in [5.74, 6) is 1.18. The van der Waals surface area contributed by atoms with Gasteiger partial charge in [0.25, 0.3) is 0 Å². The van der Waals surface area contributed by atoms with Gasteiger partial charge < -0.3 is 14.8 Å². The van der Waals surface area contributed by atoms with E-state index in [9.17, 15) is 13.2 Å². The highest BCUT2D eigenvalue weighted by Gasteiger charge is 2.31. The van der Waals surface area contributed by atoms with Crippen LogP contribution >= 0.6 is 11.8 Å². The molecule has 36 heavy (non-hydrogen) atoms. The number of fused-ring (bicyclic) bond motifs is 1. The fraction of sp³-hybridized carbons (Fsp3) is 0.462. The van der Waals surface area contributed by atoms with Crippen molar-refractivity contribution in [1.29, 1.82) is 0 Å². The van der Waals surface area contributed by atoms with Gasteiger partial charge in [-0.3, -0.25) is 4.79 Å². The van der Waals surface area contributed by atoms with Crippen LogP contribution in [0.3, 0.4) is 0 Å². The summed E-state index contributed by atoms with van der Waals surface area (Å²) in [6.45, 7) is 3.52. The van der Waals surface area contributed by atoms with Gasteiger partial charge in [-0.05, 0) is 43.7 Å². The molecule has 0 bridgehead atoms. The normalized spacial score (nSPS) is 15.8. The molecule has 1 unspecified atom stereocenters. The van der Waals surface area contributed by atoms with Crippen molar-refractivity contribution in [2.45, 2.75) is 48.7 Å². The Morgan fingerprint density at radius 1 is 1.19 bits per heavy atom. The van der Waals surface area contributed by atoms with Crippen LogP contribution in [0.2, 0.25) is 0 Å². The minimum Gasteiger partial charge on any atom is -0.377 e. The first-order chi connectivity index (χ1) is 17.3. The topological polar surface area (TPSA) is 98.4 Å². The molecule has 194 valence electrons. The molecule has 1 fully saturated rings. The van der Waals surface area contributed by atoms with Gasteiger partial charge in [0.05, 0.1) is 4.90 Å². The van der Waals surface area contributed by atoms with Crippen molar-refractivity contribution >= 4 is 44.2 Å². The summed E-state index contributed by atoms with van der Waals surface area (Å²) in [6, 6.07) is 10.1. The quantitative estimate of drug-likeness (QED) is 0.303. The van der Waals surface area contributed by atoms with E-state index in [2.05, 4.69) is 21.6 Å². The smallest absolute Gasteiger partial charge is 0.241 e. The van der Waals surface area contributed by atoms with E-state index in [0.717, 1.165) is 34.8 Å². The summed E-state index contributed by atoms with van der Waals surface area (Å²) in [4.78, 5) is 24.8. The molecule has 0 aliphatic carbocycles. The van der Waals surface area contributed by atoms with E-state index in [4.69, 9.17) is 0 Å². The van der Waals surface area contributed by atoms with Gasteiger partial charge >= 0.3 is 0 Å². The van der Waals surface area contributed by atoms with E-state index in [1.54, 1.807) is 36.3 Å². The first-order valence-corrected chi connectivity index (χ1v) is 14.9. The highest BCUT2D eigenvalue weighted by atomic mass is 32.2. The van der Waals surface area contributed by atoms with E-state index in [-0.39, 0.29) is 10.8 Å². The summed E-state index contributed by atoms with van der Waals surface area (Å²) in [5, 5.41) is 2.31. The zero-order valence-electron chi connectivity index (χ0n) is 21.1. The third-order valence-corrected chi connectivity index (χ3v) is 9.19. The first kappa shape index (κ1) is 26.5. The van der Waals surface area contributed by atoms with Gasteiger partial charge in [-0.15, -0.1) is 0 Å². The Morgan fingerprint density at radius 2 is 1.92 bits per heavy atom. The molecule has 0 radical (unpaired) electrons. The molecule has 1 aliphatic rings. The zero-order valence-corrected chi connectivity index (χ0v) is 22.7. The molecule has 1 saturated heterocycles. The zero-order chi connectivity index (χ0) is 25.7. The second kappa shape index (κ2) is 11.7. The Bertz CT molecular complexity index is 1270. The first-order valence-electron chi connectivity index (χ1n) is 12.4. The fourth-order valence-electron chi connectivity index (χ4n) is 4.61. The predicted molar refractivity (Wildman–Crippen MR) is 146 cm³/mol. The number of amides is 1. The Labute approximate surface area is 217 Å². The molecule has 10 heteroatoms. The number of rotatable bonds is 10. The number of piperidine rings is 1. The number of aromatic nitrogens is 2. The molecule has 0 spiro atoms. The Morgan fingerprint density at radius 3 is 2.61 bits per heavy atom. The number of hydrogen-bond donors (Lipinski definition) is 2.